The lowest BCUT2D eigenvalue weighted by atomic mass is 9.79. The molecule has 19 heavy (non-hydrogen) atoms. The molecule has 1 atom stereocenters. The summed E-state index contributed by atoms with van der Waals surface area (Å²) >= 11 is 6.06. The van der Waals surface area contributed by atoms with Crippen LogP contribution in [0.1, 0.15) is 32.3 Å². The molecule has 1 aromatic carbocycles. The number of rotatable bonds is 9. The fourth-order valence-electron chi connectivity index (χ4n) is 2.55. The van der Waals surface area contributed by atoms with Crippen molar-refractivity contribution in [2.45, 2.75) is 33.1 Å². The Kier molecular flexibility index (Phi) is 7.44. The summed E-state index contributed by atoms with van der Waals surface area (Å²) < 4.78 is 5.07. The monoisotopic (exact) mass is 283 g/mol. The minimum absolute atomic E-state index is 0.271. The van der Waals surface area contributed by atoms with E-state index in [-0.39, 0.29) is 5.41 Å². The molecule has 0 heterocycles. The van der Waals surface area contributed by atoms with Gasteiger partial charge in [0.1, 0.15) is 0 Å². The quantitative estimate of drug-likeness (QED) is 0.694. The summed E-state index contributed by atoms with van der Waals surface area (Å²) in [5.41, 5.74) is 1.59. The van der Waals surface area contributed by atoms with Crippen molar-refractivity contribution < 1.29 is 4.74 Å². The molecule has 0 fully saturated rings. The Morgan fingerprint density at radius 3 is 2.79 bits per heavy atom. The average Bonchev–Trinajstić information content (AvgIpc) is 2.35. The number of methoxy groups -OCH3 is 1. The lowest BCUT2D eigenvalue weighted by molar-refractivity contribution is 0.190. The molecule has 1 N–H and O–H groups in total. The molecule has 0 radical (unpaired) electrons. The molecule has 1 unspecified atom stereocenters. The molecular formula is C16H26ClNO. The van der Waals surface area contributed by atoms with E-state index in [9.17, 15) is 0 Å². The van der Waals surface area contributed by atoms with E-state index in [2.05, 4.69) is 31.3 Å². The van der Waals surface area contributed by atoms with Gasteiger partial charge in [-0.15, -0.1) is 0 Å². The third-order valence-corrected chi connectivity index (χ3v) is 3.64. The third kappa shape index (κ3) is 6.42. The highest BCUT2D eigenvalue weighted by Gasteiger charge is 2.23. The summed E-state index contributed by atoms with van der Waals surface area (Å²) in [7, 11) is 1.74. The van der Waals surface area contributed by atoms with Gasteiger partial charge < -0.3 is 10.1 Å². The van der Waals surface area contributed by atoms with E-state index in [0.29, 0.717) is 0 Å². The largest absolute Gasteiger partial charge is 0.383 e. The van der Waals surface area contributed by atoms with Gasteiger partial charge in [-0.2, -0.15) is 0 Å². The zero-order valence-corrected chi connectivity index (χ0v) is 13.1. The molecule has 0 saturated heterocycles. The number of hydrogen-bond acceptors (Lipinski definition) is 2. The van der Waals surface area contributed by atoms with Gasteiger partial charge in [0.25, 0.3) is 0 Å². The van der Waals surface area contributed by atoms with Crippen molar-refractivity contribution in [1.82, 2.24) is 5.32 Å². The molecule has 1 rings (SSSR count). The Labute approximate surface area is 122 Å². The van der Waals surface area contributed by atoms with Gasteiger partial charge in [-0.05, 0) is 36.0 Å². The highest BCUT2D eigenvalue weighted by molar-refractivity contribution is 6.30. The van der Waals surface area contributed by atoms with Crippen molar-refractivity contribution in [1.29, 1.82) is 0 Å². The summed E-state index contributed by atoms with van der Waals surface area (Å²) in [5.74, 6) is 0. The summed E-state index contributed by atoms with van der Waals surface area (Å²) in [6.07, 6.45) is 3.46. The Bertz CT molecular complexity index is 370. The van der Waals surface area contributed by atoms with E-state index in [1.807, 2.05) is 12.1 Å². The van der Waals surface area contributed by atoms with Crippen LogP contribution in [0.3, 0.4) is 0 Å². The number of ether oxygens (including phenoxy) is 1. The van der Waals surface area contributed by atoms with Crippen LogP contribution in [0.25, 0.3) is 0 Å². The molecule has 0 aromatic heterocycles. The highest BCUT2D eigenvalue weighted by Crippen LogP contribution is 2.28. The Balaban J connectivity index is 2.59. The van der Waals surface area contributed by atoms with E-state index >= 15 is 0 Å². The van der Waals surface area contributed by atoms with Gasteiger partial charge in [-0.1, -0.05) is 44.0 Å². The fraction of sp³-hybridized carbons (Fsp3) is 0.625. The van der Waals surface area contributed by atoms with E-state index < -0.39 is 0 Å². The number of hydrogen-bond donors (Lipinski definition) is 1. The summed E-state index contributed by atoms with van der Waals surface area (Å²) in [5, 5.41) is 4.31. The minimum Gasteiger partial charge on any atom is -0.383 e. The summed E-state index contributed by atoms with van der Waals surface area (Å²) in [6, 6.07) is 8.20. The van der Waals surface area contributed by atoms with Crippen molar-refractivity contribution in [2.75, 3.05) is 26.8 Å². The van der Waals surface area contributed by atoms with Crippen LogP contribution in [-0.4, -0.2) is 26.8 Å². The molecule has 3 heteroatoms. The summed E-state index contributed by atoms with van der Waals surface area (Å²) in [4.78, 5) is 0. The number of halogens is 1. The van der Waals surface area contributed by atoms with Gasteiger partial charge >= 0.3 is 0 Å². The SMILES string of the molecule is CCCC(C)(CNCCOC)Cc1cccc(Cl)c1. The van der Waals surface area contributed by atoms with E-state index in [1.54, 1.807) is 7.11 Å². The smallest absolute Gasteiger partial charge is 0.0587 e. The van der Waals surface area contributed by atoms with Crippen molar-refractivity contribution in [3.63, 3.8) is 0 Å². The number of benzene rings is 1. The first-order chi connectivity index (χ1) is 9.09. The molecule has 0 aliphatic carbocycles. The maximum Gasteiger partial charge on any atom is 0.0587 e. The van der Waals surface area contributed by atoms with Gasteiger partial charge in [0.2, 0.25) is 0 Å². The minimum atomic E-state index is 0.271. The van der Waals surface area contributed by atoms with Crippen LogP contribution in [0.15, 0.2) is 24.3 Å². The Morgan fingerprint density at radius 1 is 1.37 bits per heavy atom. The van der Waals surface area contributed by atoms with Crippen LogP contribution in [0.4, 0.5) is 0 Å². The standard InChI is InChI=1S/C16H26ClNO/c1-4-8-16(2,13-18-9-10-19-3)12-14-6-5-7-15(17)11-14/h5-7,11,18H,4,8-10,12-13H2,1-3H3. The van der Waals surface area contributed by atoms with Gasteiger partial charge in [0.05, 0.1) is 6.61 Å². The van der Waals surface area contributed by atoms with Crippen LogP contribution in [0, 0.1) is 5.41 Å². The van der Waals surface area contributed by atoms with Crippen LogP contribution in [0.2, 0.25) is 5.02 Å². The van der Waals surface area contributed by atoms with E-state index in [0.717, 1.165) is 31.1 Å². The molecule has 0 spiro atoms. The molecular weight excluding hydrogens is 258 g/mol. The number of nitrogens with one attached hydrogen (secondary N) is 1. The molecule has 108 valence electrons. The molecule has 1 aromatic rings. The maximum atomic E-state index is 6.06. The molecule has 0 amide bonds. The Hall–Kier alpha value is -0.570. The highest BCUT2D eigenvalue weighted by atomic mass is 35.5. The van der Waals surface area contributed by atoms with Gasteiger partial charge in [0.15, 0.2) is 0 Å². The van der Waals surface area contributed by atoms with Crippen LogP contribution >= 0.6 is 11.6 Å². The first-order valence-electron chi connectivity index (χ1n) is 7.04. The summed E-state index contributed by atoms with van der Waals surface area (Å²) in [6.45, 7) is 7.27. The van der Waals surface area contributed by atoms with Gasteiger partial charge in [-0.25, -0.2) is 0 Å². The van der Waals surface area contributed by atoms with Crippen molar-refractivity contribution >= 4 is 11.6 Å². The lowest BCUT2D eigenvalue weighted by Crippen LogP contribution is -2.35. The first-order valence-corrected chi connectivity index (χ1v) is 7.41. The third-order valence-electron chi connectivity index (χ3n) is 3.41. The molecule has 0 bridgehead atoms. The van der Waals surface area contributed by atoms with Crippen LogP contribution in [-0.2, 0) is 11.2 Å². The molecule has 0 aliphatic rings. The zero-order valence-electron chi connectivity index (χ0n) is 12.3. The normalized spacial score (nSPS) is 14.3. The Morgan fingerprint density at radius 2 is 2.16 bits per heavy atom. The van der Waals surface area contributed by atoms with Gasteiger partial charge in [-0.3, -0.25) is 0 Å². The van der Waals surface area contributed by atoms with E-state index in [4.69, 9.17) is 16.3 Å². The fourth-order valence-corrected chi connectivity index (χ4v) is 2.76. The van der Waals surface area contributed by atoms with Crippen LogP contribution in [0.5, 0.6) is 0 Å². The second-order valence-corrected chi connectivity index (χ2v) is 5.97. The second kappa shape index (κ2) is 8.57. The topological polar surface area (TPSA) is 21.3 Å². The molecule has 0 aliphatic heterocycles. The molecule has 2 nitrogen and oxygen atoms in total. The molecule has 0 saturated carbocycles. The second-order valence-electron chi connectivity index (χ2n) is 5.54. The first kappa shape index (κ1) is 16.5. The van der Waals surface area contributed by atoms with Crippen molar-refractivity contribution in [3.8, 4) is 0 Å². The predicted octanol–water partition coefficient (Wildman–Crippen LogP) is 3.92. The average molecular weight is 284 g/mol. The van der Waals surface area contributed by atoms with Crippen LogP contribution < -0.4 is 5.32 Å². The lowest BCUT2D eigenvalue weighted by Gasteiger charge is -2.30. The van der Waals surface area contributed by atoms with Gasteiger partial charge in [0, 0.05) is 25.2 Å². The van der Waals surface area contributed by atoms with E-state index in [1.165, 1.54) is 18.4 Å². The zero-order chi connectivity index (χ0) is 14.1. The maximum absolute atomic E-state index is 6.06. The van der Waals surface area contributed by atoms with Crippen molar-refractivity contribution in [3.05, 3.63) is 34.9 Å². The predicted molar refractivity (Wildman–Crippen MR) is 82.9 cm³/mol. The van der Waals surface area contributed by atoms with Crippen molar-refractivity contribution in [2.24, 2.45) is 5.41 Å².